The molecule has 19 heavy (non-hydrogen) atoms. The number of anilines is 1. The number of ether oxygens (including phenoxy) is 1. The highest BCUT2D eigenvalue weighted by atomic mass is 35.5. The van der Waals surface area contributed by atoms with Gasteiger partial charge in [0.25, 0.3) is 0 Å². The molecule has 0 bridgehead atoms. The number of halogens is 1. The Hall–Kier alpha value is -1.87. The summed E-state index contributed by atoms with van der Waals surface area (Å²) >= 11 is 6.18. The lowest BCUT2D eigenvalue weighted by Gasteiger charge is -2.15. The summed E-state index contributed by atoms with van der Waals surface area (Å²) in [5, 5.41) is 13.5. The first kappa shape index (κ1) is 12.2. The summed E-state index contributed by atoms with van der Waals surface area (Å²) in [6.45, 7) is 2.56. The van der Waals surface area contributed by atoms with E-state index in [4.69, 9.17) is 16.3 Å². The largest absolute Gasteiger partial charge is 0.508 e. The molecule has 0 radical (unpaired) electrons. The average molecular weight is 276 g/mol. The van der Waals surface area contributed by atoms with Gasteiger partial charge in [-0.05, 0) is 36.8 Å². The van der Waals surface area contributed by atoms with Crippen molar-refractivity contribution in [3.05, 3.63) is 52.5 Å². The fourth-order valence-corrected chi connectivity index (χ4v) is 2.43. The summed E-state index contributed by atoms with van der Waals surface area (Å²) in [5.74, 6) is 0.939. The Bertz CT molecular complexity index is 628. The number of phenolic OH excluding ortho intramolecular Hbond substituents is 1. The van der Waals surface area contributed by atoms with E-state index in [1.54, 1.807) is 12.1 Å². The van der Waals surface area contributed by atoms with E-state index in [0.717, 1.165) is 22.6 Å². The van der Waals surface area contributed by atoms with Crippen LogP contribution in [0.25, 0.3) is 0 Å². The van der Waals surface area contributed by atoms with Gasteiger partial charge < -0.3 is 15.2 Å². The minimum absolute atomic E-state index is 0.0508. The molecule has 1 heterocycles. The van der Waals surface area contributed by atoms with Crippen LogP contribution in [0.4, 0.5) is 5.69 Å². The third kappa shape index (κ3) is 2.34. The summed E-state index contributed by atoms with van der Waals surface area (Å²) in [5.41, 5.74) is 3.09. The molecule has 1 aliphatic heterocycles. The number of aromatic hydroxyl groups is 1. The molecule has 0 spiro atoms. The molecule has 1 aliphatic rings. The predicted molar refractivity (Wildman–Crippen MR) is 76.2 cm³/mol. The van der Waals surface area contributed by atoms with Gasteiger partial charge in [-0.15, -0.1) is 0 Å². The first-order chi connectivity index (χ1) is 9.13. The normalized spacial score (nSPS) is 16.8. The highest BCUT2D eigenvalue weighted by molar-refractivity contribution is 6.33. The lowest BCUT2D eigenvalue weighted by molar-refractivity contribution is 0.338. The Balaban J connectivity index is 1.88. The Labute approximate surface area is 116 Å². The Kier molecular flexibility index (Phi) is 2.99. The zero-order chi connectivity index (χ0) is 13.4. The summed E-state index contributed by atoms with van der Waals surface area (Å²) in [7, 11) is 0. The zero-order valence-corrected chi connectivity index (χ0v) is 11.2. The van der Waals surface area contributed by atoms with Crippen molar-refractivity contribution in [2.75, 3.05) is 11.9 Å². The maximum Gasteiger partial charge on any atom is 0.128 e. The number of hydrogen-bond donors (Lipinski definition) is 2. The van der Waals surface area contributed by atoms with Gasteiger partial charge in [-0.3, -0.25) is 0 Å². The van der Waals surface area contributed by atoms with Gasteiger partial charge in [0.1, 0.15) is 18.1 Å². The Morgan fingerprint density at radius 2 is 2.11 bits per heavy atom. The minimum Gasteiger partial charge on any atom is -0.508 e. The van der Waals surface area contributed by atoms with E-state index in [2.05, 4.69) is 5.32 Å². The summed E-state index contributed by atoms with van der Waals surface area (Å²) in [6.07, 6.45) is 0. The van der Waals surface area contributed by atoms with Crippen LogP contribution < -0.4 is 10.1 Å². The molecule has 3 nitrogen and oxygen atoms in total. The van der Waals surface area contributed by atoms with Crippen LogP contribution in [0.2, 0.25) is 5.02 Å². The second kappa shape index (κ2) is 4.67. The lowest BCUT2D eigenvalue weighted by atomic mass is 10.1. The SMILES string of the molecule is Cc1ccc(Cl)c(NC2COc3cc(O)ccc32)c1. The molecule has 0 saturated carbocycles. The van der Waals surface area contributed by atoms with Crippen LogP contribution in [0.15, 0.2) is 36.4 Å². The third-order valence-corrected chi connectivity index (χ3v) is 3.56. The van der Waals surface area contributed by atoms with Gasteiger partial charge >= 0.3 is 0 Å². The van der Waals surface area contributed by atoms with Gasteiger partial charge in [-0.25, -0.2) is 0 Å². The van der Waals surface area contributed by atoms with Crippen LogP contribution in [0.5, 0.6) is 11.5 Å². The van der Waals surface area contributed by atoms with Gasteiger partial charge in [0.15, 0.2) is 0 Å². The number of phenols is 1. The van der Waals surface area contributed by atoms with Gasteiger partial charge in [-0.2, -0.15) is 0 Å². The van der Waals surface area contributed by atoms with Crippen LogP contribution in [0.1, 0.15) is 17.2 Å². The van der Waals surface area contributed by atoms with E-state index in [-0.39, 0.29) is 11.8 Å². The Morgan fingerprint density at radius 1 is 1.26 bits per heavy atom. The van der Waals surface area contributed by atoms with Gasteiger partial charge in [0.2, 0.25) is 0 Å². The number of hydrogen-bond acceptors (Lipinski definition) is 3. The lowest BCUT2D eigenvalue weighted by Crippen LogP contribution is -2.12. The van der Waals surface area contributed by atoms with Crippen molar-refractivity contribution in [3.63, 3.8) is 0 Å². The van der Waals surface area contributed by atoms with Crippen LogP contribution in [-0.4, -0.2) is 11.7 Å². The quantitative estimate of drug-likeness (QED) is 0.873. The molecule has 0 amide bonds. The number of rotatable bonds is 2. The molecular formula is C15H14ClNO2. The average Bonchev–Trinajstić information content (AvgIpc) is 2.76. The molecule has 98 valence electrons. The van der Waals surface area contributed by atoms with E-state index in [9.17, 15) is 5.11 Å². The Morgan fingerprint density at radius 3 is 2.95 bits per heavy atom. The molecule has 4 heteroatoms. The monoisotopic (exact) mass is 275 g/mol. The fourth-order valence-electron chi connectivity index (χ4n) is 2.26. The van der Waals surface area contributed by atoms with Gasteiger partial charge in [0.05, 0.1) is 16.8 Å². The highest BCUT2D eigenvalue weighted by Crippen LogP contribution is 2.37. The second-order valence-corrected chi connectivity index (χ2v) is 5.12. The summed E-state index contributed by atoms with van der Waals surface area (Å²) in [4.78, 5) is 0. The van der Waals surface area contributed by atoms with Crippen LogP contribution in [0.3, 0.4) is 0 Å². The molecule has 1 unspecified atom stereocenters. The highest BCUT2D eigenvalue weighted by Gasteiger charge is 2.24. The van der Waals surface area contributed by atoms with E-state index in [1.807, 2.05) is 31.2 Å². The standard InChI is InChI=1S/C15H14ClNO2/c1-9-2-5-12(16)13(6-9)17-14-8-19-15-7-10(18)3-4-11(14)15/h2-7,14,17-18H,8H2,1H3. The van der Waals surface area contributed by atoms with Crippen LogP contribution >= 0.6 is 11.6 Å². The number of fused-ring (bicyclic) bond motifs is 1. The molecular weight excluding hydrogens is 262 g/mol. The molecule has 0 aliphatic carbocycles. The van der Waals surface area contributed by atoms with Crippen molar-refractivity contribution >= 4 is 17.3 Å². The van der Waals surface area contributed by atoms with Crippen molar-refractivity contribution in [3.8, 4) is 11.5 Å². The number of benzene rings is 2. The van der Waals surface area contributed by atoms with Crippen molar-refractivity contribution in [1.82, 2.24) is 0 Å². The van der Waals surface area contributed by atoms with Crippen molar-refractivity contribution in [2.45, 2.75) is 13.0 Å². The summed E-state index contributed by atoms with van der Waals surface area (Å²) < 4.78 is 5.57. The molecule has 2 N–H and O–H groups in total. The van der Waals surface area contributed by atoms with Gasteiger partial charge in [0, 0.05) is 11.6 Å². The second-order valence-electron chi connectivity index (χ2n) is 4.71. The van der Waals surface area contributed by atoms with E-state index in [1.165, 1.54) is 0 Å². The van der Waals surface area contributed by atoms with Crippen molar-refractivity contribution < 1.29 is 9.84 Å². The number of aryl methyl sites for hydroxylation is 1. The predicted octanol–water partition coefficient (Wildman–Crippen LogP) is 3.90. The third-order valence-electron chi connectivity index (χ3n) is 3.23. The smallest absolute Gasteiger partial charge is 0.128 e. The first-order valence-corrected chi connectivity index (χ1v) is 6.50. The fraction of sp³-hybridized carbons (Fsp3) is 0.200. The van der Waals surface area contributed by atoms with Crippen molar-refractivity contribution in [2.24, 2.45) is 0 Å². The van der Waals surface area contributed by atoms with Crippen LogP contribution in [0, 0.1) is 6.92 Å². The maximum atomic E-state index is 9.43. The molecule has 0 fully saturated rings. The molecule has 0 aromatic heterocycles. The molecule has 2 aromatic carbocycles. The van der Waals surface area contributed by atoms with E-state index >= 15 is 0 Å². The summed E-state index contributed by atoms with van der Waals surface area (Å²) in [6, 6.07) is 11.1. The first-order valence-electron chi connectivity index (χ1n) is 6.12. The molecule has 3 rings (SSSR count). The molecule has 0 saturated heterocycles. The zero-order valence-electron chi connectivity index (χ0n) is 10.5. The molecule has 1 atom stereocenters. The topological polar surface area (TPSA) is 41.5 Å². The number of nitrogens with one attached hydrogen (secondary N) is 1. The van der Waals surface area contributed by atoms with Crippen LogP contribution in [-0.2, 0) is 0 Å². The maximum absolute atomic E-state index is 9.43. The van der Waals surface area contributed by atoms with Crippen molar-refractivity contribution in [1.29, 1.82) is 0 Å². The molecule has 2 aromatic rings. The van der Waals surface area contributed by atoms with E-state index in [0.29, 0.717) is 11.6 Å². The minimum atomic E-state index is 0.0508. The van der Waals surface area contributed by atoms with E-state index < -0.39 is 0 Å². The van der Waals surface area contributed by atoms with Gasteiger partial charge in [-0.1, -0.05) is 17.7 Å².